The number of hydrogen-bond donors (Lipinski definition) is 3. The van der Waals surface area contributed by atoms with E-state index >= 15 is 0 Å². The zero-order valence-corrected chi connectivity index (χ0v) is 15.1. The third-order valence-corrected chi connectivity index (χ3v) is 5.29. The van der Waals surface area contributed by atoms with Crippen LogP contribution in [0.15, 0.2) is 18.2 Å². The summed E-state index contributed by atoms with van der Waals surface area (Å²) in [5.74, 6) is -0.790. The lowest BCUT2D eigenvalue weighted by atomic mass is 10.0. The second-order valence-electron chi connectivity index (χ2n) is 7.22. The summed E-state index contributed by atoms with van der Waals surface area (Å²) >= 11 is 0. The van der Waals surface area contributed by atoms with E-state index in [2.05, 4.69) is 16.0 Å². The van der Waals surface area contributed by atoms with Crippen molar-refractivity contribution in [3.63, 3.8) is 0 Å². The smallest absolute Gasteiger partial charge is 0.255 e. The number of nitrogens with zero attached hydrogens (tertiary/aromatic N) is 1. The number of imide groups is 1. The Morgan fingerprint density at radius 3 is 2.93 bits per heavy atom. The van der Waals surface area contributed by atoms with Gasteiger partial charge >= 0.3 is 0 Å². The first-order valence-corrected chi connectivity index (χ1v) is 9.41. The van der Waals surface area contributed by atoms with Gasteiger partial charge in [-0.3, -0.25) is 19.7 Å². The van der Waals surface area contributed by atoms with Crippen LogP contribution in [0.25, 0.3) is 0 Å². The van der Waals surface area contributed by atoms with E-state index in [9.17, 15) is 14.4 Å². The van der Waals surface area contributed by atoms with Gasteiger partial charge in [-0.2, -0.15) is 0 Å². The Kier molecular flexibility index (Phi) is 5.20. The molecule has 3 N–H and O–H groups in total. The van der Waals surface area contributed by atoms with Gasteiger partial charge in [0.2, 0.25) is 11.8 Å². The van der Waals surface area contributed by atoms with Crippen LogP contribution in [-0.4, -0.2) is 61.0 Å². The largest absolute Gasteiger partial charge is 0.374 e. The fraction of sp³-hybridized carbons (Fsp3) is 0.526. The molecule has 3 aliphatic rings. The predicted molar refractivity (Wildman–Crippen MR) is 96.8 cm³/mol. The van der Waals surface area contributed by atoms with E-state index in [1.54, 1.807) is 4.90 Å². The van der Waals surface area contributed by atoms with Crippen LogP contribution in [0.2, 0.25) is 0 Å². The minimum atomic E-state index is -0.569. The Labute approximate surface area is 157 Å². The fourth-order valence-electron chi connectivity index (χ4n) is 3.87. The molecule has 2 atom stereocenters. The summed E-state index contributed by atoms with van der Waals surface area (Å²) in [6.07, 6.45) is 0.829. The van der Waals surface area contributed by atoms with Crippen LogP contribution in [-0.2, 0) is 27.4 Å². The number of amides is 3. The molecule has 0 bridgehead atoms. The molecule has 2 saturated heterocycles. The van der Waals surface area contributed by atoms with E-state index in [1.807, 2.05) is 18.2 Å². The number of benzene rings is 1. The number of morpholine rings is 1. The van der Waals surface area contributed by atoms with Crippen LogP contribution in [0.1, 0.15) is 34.3 Å². The summed E-state index contributed by atoms with van der Waals surface area (Å²) < 4.78 is 5.66. The molecule has 0 saturated carbocycles. The number of hydrogen-bond acceptors (Lipinski definition) is 6. The van der Waals surface area contributed by atoms with Gasteiger partial charge in [0.25, 0.3) is 5.91 Å². The van der Waals surface area contributed by atoms with Crippen molar-refractivity contribution >= 4 is 17.7 Å². The highest BCUT2D eigenvalue weighted by atomic mass is 16.5. The molecule has 0 spiro atoms. The minimum Gasteiger partial charge on any atom is -0.374 e. The maximum Gasteiger partial charge on any atom is 0.255 e. The number of ether oxygens (including phenoxy) is 1. The van der Waals surface area contributed by atoms with Crippen LogP contribution in [0, 0.1) is 0 Å². The SMILES string of the molecule is O=C1CCC(N2Cc3cc(CNCC4CNCCO4)ccc3C2=O)C(=O)N1. The number of fused-ring (bicyclic) bond motifs is 1. The van der Waals surface area contributed by atoms with E-state index in [0.717, 1.165) is 37.4 Å². The lowest BCUT2D eigenvalue weighted by Crippen LogP contribution is -2.52. The van der Waals surface area contributed by atoms with E-state index in [1.165, 1.54) is 0 Å². The third-order valence-electron chi connectivity index (χ3n) is 5.29. The average molecular weight is 372 g/mol. The Morgan fingerprint density at radius 2 is 2.15 bits per heavy atom. The molecule has 27 heavy (non-hydrogen) atoms. The summed E-state index contributed by atoms with van der Waals surface area (Å²) in [5.41, 5.74) is 2.67. The maximum absolute atomic E-state index is 12.7. The molecule has 1 aromatic carbocycles. The molecule has 0 aromatic heterocycles. The second-order valence-corrected chi connectivity index (χ2v) is 7.22. The lowest BCUT2D eigenvalue weighted by Gasteiger charge is -2.29. The van der Waals surface area contributed by atoms with Gasteiger partial charge in [-0.15, -0.1) is 0 Å². The normalized spacial score (nSPS) is 25.5. The molecule has 3 heterocycles. The Balaban J connectivity index is 1.37. The van der Waals surface area contributed by atoms with Crippen molar-refractivity contribution in [1.82, 2.24) is 20.9 Å². The highest BCUT2D eigenvalue weighted by Gasteiger charge is 2.38. The van der Waals surface area contributed by atoms with Gasteiger partial charge in [-0.05, 0) is 23.6 Å². The summed E-state index contributed by atoms with van der Waals surface area (Å²) in [6, 6.07) is 5.23. The highest BCUT2D eigenvalue weighted by Crippen LogP contribution is 2.28. The molecule has 1 aromatic rings. The molecule has 4 rings (SSSR count). The van der Waals surface area contributed by atoms with Crippen LogP contribution in [0.3, 0.4) is 0 Å². The zero-order chi connectivity index (χ0) is 18.8. The van der Waals surface area contributed by atoms with Crippen molar-refractivity contribution in [2.75, 3.05) is 26.2 Å². The van der Waals surface area contributed by atoms with Crippen LogP contribution in [0.5, 0.6) is 0 Å². The van der Waals surface area contributed by atoms with Crippen molar-refractivity contribution < 1.29 is 19.1 Å². The molecular weight excluding hydrogens is 348 g/mol. The van der Waals surface area contributed by atoms with Crippen molar-refractivity contribution in [1.29, 1.82) is 0 Å². The fourth-order valence-corrected chi connectivity index (χ4v) is 3.87. The molecule has 3 aliphatic heterocycles. The van der Waals surface area contributed by atoms with Gasteiger partial charge in [0.15, 0.2) is 0 Å². The van der Waals surface area contributed by atoms with Crippen molar-refractivity contribution in [3.8, 4) is 0 Å². The molecule has 2 fully saturated rings. The van der Waals surface area contributed by atoms with Crippen molar-refractivity contribution in [3.05, 3.63) is 34.9 Å². The maximum atomic E-state index is 12.7. The molecule has 3 amide bonds. The highest BCUT2D eigenvalue weighted by molar-refractivity contribution is 6.05. The molecule has 8 nitrogen and oxygen atoms in total. The summed E-state index contributed by atoms with van der Waals surface area (Å²) in [6.45, 7) is 4.37. The van der Waals surface area contributed by atoms with E-state index in [0.29, 0.717) is 25.1 Å². The molecule has 2 unspecified atom stereocenters. The molecule has 0 radical (unpaired) electrons. The van der Waals surface area contributed by atoms with Gasteiger partial charge in [0, 0.05) is 44.7 Å². The topological polar surface area (TPSA) is 99.8 Å². The summed E-state index contributed by atoms with van der Waals surface area (Å²) in [5, 5.41) is 9.02. The van der Waals surface area contributed by atoms with Crippen LogP contribution in [0.4, 0.5) is 0 Å². The van der Waals surface area contributed by atoms with E-state index in [4.69, 9.17) is 4.74 Å². The number of rotatable bonds is 5. The van der Waals surface area contributed by atoms with Crippen molar-refractivity contribution in [2.24, 2.45) is 0 Å². The summed E-state index contributed by atoms with van der Waals surface area (Å²) in [4.78, 5) is 37.7. The van der Waals surface area contributed by atoms with Crippen LogP contribution < -0.4 is 16.0 Å². The molecule has 144 valence electrons. The van der Waals surface area contributed by atoms with Crippen LogP contribution >= 0.6 is 0 Å². The number of carbonyl (C=O) groups is 3. The Morgan fingerprint density at radius 1 is 1.26 bits per heavy atom. The standard InChI is InChI=1S/C19H24N4O4/c24-17-4-3-16(18(25)22-17)23-11-13-7-12(1-2-15(13)19(23)26)8-21-10-14-9-20-5-6-27-14/h1-2,7,14,16,20-21H,3-6,8-11H2,(H,22,24,25). The average Bonchev–Trinajstić information content (AvgIpc) is 2.99. The van der Waals surface area contributed by atoms with Gasteiger partial charge in [-0.25, -0.2) is 0 Å². The summed E-state index contributed by atoms with van der Waals surface area (Å²) in [7, 11) is 0. The molecular formula is C19H24N4O4. The van der Waals surface area contributed by atoms with Crippen molar-refractivity contribution in [2.45, 2.75) is 38.1 Å². The predicted octanol–water partition coefficient (Wildman–Crippen LogP) is -0.474. The first-order chi connectivity index (χ1) is 13.1. The quantitative estimate of drug-likeness (QED) is 0.604. The zero-order valence-electron chi connectivity index (χ0n) is 15.1. The minimum absolute atomic E-state index is 0.138. The first-order valence-electron chi connectivity index (χ1n) is 9.41. The van der Waals surface area contributed by atoms with E-state index in [-0.39, 0.29) is 30.2 Å². The van der Waals surface area contributed by atoms with E-state index < -0.39 is 6.04 Å². The van der Waals surface area contributed by atoms with Gasteiger partial charge in [0.05, 0.1) is 12.7 Å². The van der Waals surface area contributed by atoms with Gasteiger partial charge < -0.3 is 20.3 Å². The Bertz CT molecular complexity index is 760. The monoisotopic (exact) mass is 372 g/mol. The molecule has 8 heteroatoms. The van der Waals surface area contributed by atoms with Gasteiger partial charge in [0.1, 0.15) is 6.04 Å². The number of piperidine rings is 1. The van der Waals surface area contributed by atoms with Gasteiger partial charge in [-0.1, -0.05) is 12.1 Å². The number of carbonyl (C=O) groups excluding carboxylic acids is 3. The number of nitrogens with one attached hydrogen (secondary N) is 3. The Hall–Kier alpha value is -2.29. The lowest BCUT2D eigenvalue weighted by molar-refractivity contribution is -0.136. The molecule has 0 aliphatic carbocycles. The third kappa shape index (κ3) is 3.87. The first kappa shape index (κ1) is 18.1. The second kappa shape index (κ2) is 7.75.